The second kappa shape index (κ2) is 5.14. The third kappa shape index (κ3) is 2.18. The van der Waals surface area contributed by atoms with Crippen molar-refractivity contribution < 1.29 is 9.84 Å². The number of rotatable bonds is 2. The molecule has 4 atom stereocenters. The van der Waals surface area contributed by atoms with Crippen LogP contribution in [0.1, 0.15) is 30.1 Å². The van der Waals surface area contributed by atoms with Gasteiger partial charge in [-0.1, -0.05) is 24.3 Å². The lowest BCUT2D eigenvalue weighted by molar-refractivity contribution is 0.0173. The van der Waals surface area contributed by atoms with Gasteiger partial charge in [0.15, 0.2) is 0 Å². The summed E-state index contributed by atoms with van der Waals surface area (Å²) in [6, 6.07) is 8.68. The number of fused-ring (bicyclic) bond motifs is 2. The lowest BCUT2D eigenvalue weighted by Gasteiger charge is -2.30. The highest BCUT2D eigenvalue weighted by molar-refractivity contribution is 5.31. The molecule has 2 heterocycles. The number of hydrogen-bond acceptors (Lipinski definition) is 3. The maximum absolute atomic E-state index is 10.0. The highest BCUT2D eigenvalue weighted by atomic mass is 16.5. The molecule has 1 aromatic rings. The van der Waals surface area contributed by atoms with Gasteiger partial charge in [0.25, 0.3) is 0 Å². The van der Waals surface area contributed by atoms with E-state index in [4.69, 9.17) is 4.74 Å². The van der Waals surface area contributed by atoms with Crippen LogP contribution in [-0.4, -0.2) is 42.4 Å². The van der Waals surface area contributed by atoms with E-state index in [1.54, 1.807) is 0 Å². The number of ether oxygens (including phenoxy) is 1. The van der Waals surface area contributed by atoms with Gasteiger partial charge in [0.2, 0.25) is 0 Å². The molecular formula is C17H23NO2. The van der Waals surface area contributed by atoms with E-state index in [1.807, 2.05) is 0 Å². The molecule has 1 aromatic carbocycles. The predicted molar refractivity (Wildman–Crippen MR) is 77.5 cm³/mol. The van der Waals surface area contributed by atoms with Crippen LogP contribution >= 0.6 is 0 Å². The smallest absolute Gasteiger partial charge is 0.0954 e. The van der Waals surface area contributed by atoms with E-state index in [0.29, 0.717) is 11.8 Å². The molecule has 3 aliphatic rings. The fraction of sp³-hybridized carbons (Fsp3) is 0.647. The summed E-state index contributed by atoms with van der Waals surface area (Å²) >= 11 is 0. The van der Waals surface area contributed by atoms with E-state index in [1.165, 1.54) is 17.5 Å². The highest BCUT2D eigenvalue weighted by Gasteiger charge is 2.42. The van der Waals surface area contributed by atoms with Gasteiger partial charge in [-0.3, -0.25) is 4.90 Å². The number of aliphatic hydroxyl groups excluding tert-OH is 1. The third-order valence-corrected chi connectivity index (χ3v) is 5.41. The van der Waals surface area contributed by atoms with Crippen molar-refractivity contribution in [2.75, 3.05) is 26.2 Å². The molecule has 1 saturated heterocycles. The Kier molecular flexibility index (Phi) is 3.29. The van der Waals surface area contributed by atoms with Crippen LogP contribution in [0, 0.1) is 11.8 Å². The van der Waals surface area contributed by atoms with Gasteiger partial charge < -0.3 is 9.84 Å². The second-order valence-corrected chi connectivity index (χ2v) is 6.60. The molecule has 0 bridgehead atoms. The molecule has 1 saturated carbocycles. The predicted octanol–water partition coefficient (Wildman–Crippen LogP) is 2.00. The van der Waals surface area contributed by atoms with Crippen molar-refractivity contribution >= 4 is 0 Å². The normalized spacial score (nSPS) is 36.9. The van der Waals surface area contributed by atoms with Crippen LogP contribution in [0.2, 0.25) is 0 Å². The Bertz CT molecular complexity index is 490. The Morgan fingerprint density at radius 3 is 3.00 bits per heavy atom. The summed E-state index contributed by atoms with van der Waals surface area (Å²) in [6.07, 6.45) is 3.40. The molecule has 0 radical (unpaired) electrons. The van der Waals surface area contributed by atoms with Crippen LogP contribution in [0.25, 0.3) is 0 Å². The number of nitrogens with zero attached hydrogens (tertiary/aromatic N) is 1. The summed E-state index contributed by atoms with van der Waals surface area (Å²) < 4.78 is 6.01. The van der Waals surface area contributed by atoms with E-state index >= 15 is 0 Å². The van der Waals surface area contributed by atoms with Crippen LogP contribution in [0.15, 0.2) is 24.3 Å². The molecule has 1 N–H and O–H groups in total. The monoisotopic (exact) mass is 273 g/mol. The Morgan fingerprint density at radius 1 is 1.20 bits per heavy atom. The number of hydrogen-bond donors (Lipinski definition) is 1. The molecule has 2 aliphatic heterocycles. The maximum atomic E-state index is 10.0. The Labute approximate surface area is 120 Å². The van der Waals surface area contributed by atoms with Crippen LogP contribution in [0.4, 0.5) is 0 Å². The number of benzene rings is 1. The summed E-state index contributed by atoms with van der Waals surface area (Å²) in [5.74, 6) is 1.22. The van der Waals surface area contributed by atoms with Gasteiger partial charge in [0.05, 0.1) is 18.8 Å². The molecular weight excluding hydrogens is 250 g/mol. The minimum atomic E-state index is -0.0652. The van der Waals surface area contributed by atoms with E-state index < -0.39 is 0 Å². The van der Waals surface area contributed by atoms with Crippen molar-refractivity contribution in [2.24, 2.45) is 11.8 Å². The fourth-order valence-electron chi connectivity index (χ4n) is 4.34. The molecule has 20 heavy (non-hydrogen) atoms. The molecule has 108 valence electrons. The van der Waals surface area contributed by atoms with Gasteiger partial charge in [-0.05, 0) is 36.3 Å². The zero-order valence-electron chi connectivity index (χ0n) is 11.9. The van der Waals surface area contributed by atoms with E-state index in [-0.39, 0.29) is 12.2 Å². The van der Waals surface area contributed by atoms with Gasteiger partial charge in [0, 0.05) is 25.6 Å². The van der Waals surface area contributed by atoms with Gasteiger partial charge in [-0.25, -0.2) is 0 Å². The molecule has 2 fully saturated rings. The van der Waals surface area contributed by atoms with Gasteiger partial charge >= 0.3 is 0 Å². The van der Waals surface area contributed by atoms with Crippen LogP contribution < -0.4 is 0 Å². The largest absolute Gasteiger partial charge is 0.393 e. The molecule has 0 aromatic heterocycles. The van der Waals surface area contributed by atoms with E-state index in [0.717, 1.165) is 39.1 Å². The molecule has 0 spiro atoms. The first kappa shape index (κ1) is 12.8. The first-order valence-electron chi connectivity index (χ1n) is 7.91. The highest BCUT2D eigenvalue weighted by Crippen LogP contribution is 2.39. The molecule has 1 aliphatic carbocycles. The minimum absolute atomic E-state index is 0.0652. The molecule has 3 nitrogen and oxygen atoms in total. The molecule has 4 rings (SSSR count). The zero-order valence-corrected chi connectivity index (χ0v) is 11.9. The Balaban J connectivity index is 1.46. The van der Waals surface area contributed by atoms with Gasteiger partial charge in [-0.2, -0.15) is 0 Å². The summed E-state index contributed by atoms with van der Waals surface area (Å²) in [7, 11) is 0. The minimum Gasteiger partial charge on any atom is -0.393 e. The molecule has 0 amide bonds. The van der Waals surface area contributed by atoms with E-state index in [9.17, 15) is 5.11 Å². The van der Waals surface area contributed by atoms with Gasteiger partial charge in [-0.15, -0.1) is 0 Å². The first-order chi connectivity index (χ1) is 9.81. The summed E-state index contributed by atoms with van der Waals surface area (Å²) in [5, 5.41) is 10.0. The number of likely N-dealkylation sites (tertiary alicyclic amines) is 1. The van der Waals surface area contributed by atoms with Crippen molar-refractivity contribution in [3.05, 3.63) is 35.4 Å². The average Bonchev–Trinajstić information content (AvgIpc) is 3.02. The summed E-state index contributed by atoms with van der Waals surface area (Å²) in [6.45, 7) is 4.01. The van der Waals surface area contributed by atoms with Crippen molar-refractivity contribution in [1.82, 2.24) is 4.90 Å². The quantitative estimate of drug-likeness (QED) is 0.894. The fourth-order valence-corrected chi connectivity index (χ4v) is 4.34. The summed E-state index contributed by atoms with van der Waals surface area (Å²) in [5.41, 5.74) is 2.82. The lowest BCUT2D eigenvalue weighted by atomic mass is 9.97. The van der Waals surface area contributed by atoms with Crippen LogP contribution in [-0.2, 0) is 11.2 Å². The number of aliphatic hydroxyl groups is 1. The molecule has 3 heteroatoms. The SMILES string of the molecule is OC1CCC2CN(CC3OCCc4ccccc43)CC12. The first-order valence-corrected chi connectivity index (χ1v) is 7.91. The third-order valence-electron chi connectivity index (χ3n) is 5.41. The molecule has 4 unspecified atom stereocenters. The van der Waals surface area contributed by atoms with Gasteiger partial charge in [0.1, 0.15) is 0 Å². The van der Waals surface area contributed by atoms with Crippen molar-refractivity contribution in [1.29, 1.82) is 0 Å². The van der Waals surface area contributed by atoms with Crippen LogP contribution in [0.3, 0.4) is 0 Å². The van der Waals surface area contributed by atoms with Crippen LogP contribution in [0.5, 0.6) is 0 Å². The zero-order chi connectivity index (χ0) is 13.5. The van der Waals surface area contributed by atoms with Crippen molar-refractivity contribution in [3.63, 3.8) is 0 Å². The lowest BCUT2D eigenvalue weighted by Crippen LogP contribution is -2.32. The van der Waals surface area contributed by atoms with Crippen molar-refractivity contribution in [2.45, 2.75) is 31.5 Å². The average molecular weight is 273 g/mol. The summed E-state index contributed by atoms with van der Waals surface area (Å²) in [4.78, 5) is 2.50. The standard InChI is InChI=1S/C17H23NO2/c19-16-6-5-13-9-18(10-15(13)16)11-17-14-4-2-1-3-12(14)7-8-20-17/h1-4,13,15-17,19H,5-11H2. The van der Waals surface area contributed by atoms with E-state index in [2.05, 4.69) is 29.2 Å². The Hall–Kier alpha value is -0.900. The van der Waals surface area contributed by atoms with Crippen molar-refractivity contribution in [3.8, 4) is 0 Å². The maximum Gasteiger partial charge on any atom is 0.0954 e. The topological polar surface area (TPSA) is 32.7 Å². The second-order valence-electron chi connectivity index (χ2n) is 6.60. The Morgan fingerprint density at radius 2 is 2.10 bits per heavy atom.